The van der Waals surface area contributed by atoms with Crippen molar-refractivity contribution < 1.29 is 19.4 Å². The number of thiophene rings is 1. The summed E-state index contributed by atoms with van der Waals surface area (Å²) in [6.45, 7) is 3.77. The highest BCUT2D eigenvalue weighted by atomic mass is 32.1. The van der Waals surface area contributed by atoms with E-state index < -0.39 is 11.6 Å². The molecule has 0 aromatic carbocycles. The molecule has 1 saturated heterocycles. The number of carbonyl (C=O) groups is 2. The Labute approximate surface area is 161 Å². The highest BCUT2D eigenvalue weighted by Crippen LogP contribution is 2.44. The van der Waals surface area contributed by atoms with Crippen LogP contribution in [0.5, 0.6) is 0 Å². The summed E-state index contributed by atoms with van der Waals surface area (Å²) < 4.78 is 7.89. The number of aromatic nitrogens is 2. The van der Waals surface area contributed by atoms with Crippen molar-refractivity contribution in [2.45, 2.75) is 38.2 Å². The van der Waals surface area contributed by atoms with E-state index in [4.69, 9.17) is 4.74 Å². The molecule has 8 heteroatoms. The second-order valence-electron chi connectivity index (χ2n) is 7.32. The van der Waals surface area contributed by atoms with Crippen LogP contribution >= 0.6 is 11.3 Å². The van der Waals surface area contributed by atoms with Gasteiger partial charge in [0.2, 0.25) is 5.91 Å². The van der Waals surface area contributed by atoms with E-state index in [9.17, 15) is 14.7 Å². The first-order valence-electron chi connectivity index (χ1n) is 9.15. The summed E-state index contributed by atoms with van der Waals surface area (Å²) in [5.74, 6) is -0.780. The Hall–Kier alpha value is -2.19. The van der Waals surface area contributed by atoms with Gasteiger partial charge in [-0.25, -0.2) is 4.79 Å². The Kier molecular flexibility index (Phi) is 4.55. The average molecular weight is 389 g/mol. The first-order valence-corrected chi connectivity index (χ1v) is 9.97. The van der Waals surface area contributed by atoms with Crippen molar-refractivity contribution in [3.63, 3.8) is 0 Å². The van der Waals surface area contributed by atoms with Crippen molar-refractivity contribution >= 4 is 23.2 Å². The molecule has 0 unspecified atom stereocenters. The summed E-state index contributed by atoms with van der Waals surface area (Å²) in [5, 5.41) is 13.6. The van der Waals surface area contributed by atoms with Gasteiger partial charge in [-0.1, -0.05) is 0 Å². The summed E-state index contributed by atoms with van der Waals surface area (Å²) in [6.07, 6.45) is 4.42. The smallest absolute Gasteiger partial charge is 0.345 e. The number of likely N-dealkylation sites (tertiary alicyclic amines) is 1. The molecule has 0 aliphatic carbocycles. The zero-order valence-corrected chi connectivity index (χ0v) is 16.3. The van der Waals surface area contributed by atoms with Crippen LogP contribution in [0.4, 0.5) is 0 Å². The third kappa shape index (κ3) is 3.27. The molecule has 0 bridgehead atoms. The van der Waals surface area contributed by atoms with Crippen molar-refractivity contribution in [1.29, 1.82) is 0 Å². The maximum atomic E-state index is 12.7. The predicted molar refractivity (Wildman–Crippen MR) is 100 cm³/mol. The normalized spacial score (nSPS) is 18.5. The zero-order chi connectivity index (χ0) is 19.2. The van der Waals surface area contributed by atoms with Crippen molar-refractivity contribution in [2.75, 3.05) is 19.7 Å². The largest absolute Gasteiger partial charge is 0.477 e. The minimum atomic E-state index is -0.885. The van der Waals surface area contributed by atoms with Crippen LogP contribution in [0.2, 0.25) is 0 Å². The van der Waals surface area contributed by atoms with Crippen LogP contribution in [0.3, 0.4) is 0 Å². The van der Waals surface area contributed by atoms with Gasteiger partial charge in [0.15, 0.2) is 0 Å². The minimum Gasteiger partial charge on any atom is -0.477 e. The SMILES string of the molecule is Cc1nn(C)cc1CC(=O)N1CCC2(CC1)OCCc1sc(C(=O)O)cc12. The summed E-state index contributed by atoms with van der Waals surface area (Å²) in [7, 11) is 1.86. The van der Waals surface area contributed by atoms with Gasteiger partial charge < -0.3 is 14.7 Å². The summed E-state index contributed by atoms with van der Waals surface area (Å²) in [6, 6.07) is 1.78. The van der Waals surface area contributed by atoms with Gasteiger partial charge in [0.1, 0.15) is 4.88 Å². The zero-order valence-electron chi connectivity index (χ0n) is 15.5. The van der Waals surface area contributed by atoms with Gasteiger partial charge in [0, 0.05) is 43.2 Å². The monoisotopic (exact) mass is 389 g/mol. The first kappa shape index (κ1) is 18.2. The van der Waals surface area contributed by atoms with Crippen LogP contribution < -0.4 is 0 Å². The molecule has 2 aliphatic rings. The molecule has 4 heterocycles. The Balaban J connectivity index is 1.47. The van der Waals surface area contributed by atoms with Gasteiger partial charge in [0.25, 0.3) is 0 Å². The summed E-state index contributed by atoms with van der Waals surface area (Å²) in [4.78, 5) is 27.4. The molecule has 0 atom stereocenters. The molecule has 27 heavy (non-hydrogen) atoms. The average Bonchev–Trinajstić information content (AvgIpc) is 3.20. The number of nitrogens with zero attached hydrogens (tertiary/aromatic N) is 3. The Bertz CT molecular complexity index is 893. The molecule has 2 aromatic rings. The molecule has 2 aliphatic heterocycles. The quantitative estimate of drug-likeness (QED) is 0.869. The molecular formula is C19H23N3O4S. The highest BCUT2D eigenvalue weighted by Gasteiger charge is 2.43. The van der Waals surface area contributed by atoms with Gasteiger partial charge in [-0.2, -0.15) is 5.10 Å². The number of aromatic carboxylic acids is 1. The second-order valence-corrected chi connectivity index (χ2v) is 8.45. The van der Waals surface area contributed by atoms with Crippen LogP contribution in [0.25, 0.3) is 0 Å². The van der Waals surface area contributed by atoms with E-state index in [2.05, 4.69) is 5.10 Å². The van der Waals surface area contributed by atoms with Gasteiger partial charge in [-0.3, -0.25) is 9.48 Å². The number of aryl methyl sites for hydroxylation is 2. The summed E-state index contributed by atoms with van der Waals surface area (Å²) in [5.41, 5.74) is 2.42. The summed E-state index contributed by atoms with van der Waals surface area (Å²) >= 11 is 1.35. The van der Waals surface area contributed by atoms with Crippen LogP contribution in [-0.4, -0.2) is 51.4 Å². The van der Waals surface area contributed by atoms with E-state index in [-0.39, 0.29) is 5.91 Å². The molecule has 4 rings (SSSR count). The lowest BCUT2D eigenvalue weighted by molar-refractivity contribution is -0.139. The van der Waals surface area contributed by atoms with E-state index in [1.807, 2.05) is 25.1 Å². The first-order chi connectivity index (χ1) is 12.9. The number of piperidine rings is 1. The number of ether oxygens (including phenoxy) is 1. The number of carbonyl (C=O) groups excluding carboxylic acids is 1. The minimum absolute atomic E-state index is 0.105. The predicted octanol–water partition coefficient (Wildman–Crippen LogP) is 2.12. The molecule has 144 valence electrons. The number of carboxylic acid groups (broad SMARTS) is 1. The van der Waals surface area contributed by atoms with Crippen LogP contribution in [0.15, 0.2) is 12.3 Å². The molecule has 0 radical (unpaired) electrons. The third-order valence-corrected chi connectivity index (χ3v) is 6.78. The van der Waals surface area contributed by atoms with Gasteiger partial charge in [0.05, 0.1) is 24.3 Å². The van der Waals surface area contributed by atoms with E-state index in [1.165, 1.54) is 11.3 Å². The van der Waals surface area contributed by atoms with E-state index >= 15 is 0 Å². The van der Waals surface area contributed by atoms with Gasteiger partial charge >= 0.3 is 5.97 Å². The van der Waals surface area contributed by atoms with Crippen molar-refractivity contribution in [2.24, 2.45) is 7.05 Å². The van der Waals surface area contributed by atoms with E-state index in [0.29, 0.717) is 43.8 Å². The van der Waals surface area contributed by atoms with Crippen LogP contribution in [-0.2, 0) is 35.0 Å². The van der Waals surface area contributed by atoms with E-state index in [1.54, 1.807) is 10.7 Å². The van der Waals surface area contributed by atoms with Crippen LogP contribution in [0.1, 0.15) is 44.2 Å². The number of fused-ring (bicyclic) bond motifs is 2. The molecule has 7 nitrogen and oxygen atoms in total. The number of carboxylic acids is 1. The lowest BCUT2D eigenvalue weighted by Gasteiger charge is -2.44. The molecule has 1 N–H and O–H groups in total. The number of hydrogen-bond donors (Lipinski definition) is 1. The molecular weight excluding hydrogens is 366 g/mol. The van der Waals surface area contributed by atoms with Gasteiger partial charge in [-0.05, 0) is 31.4 Å². The lowest BCUT2D eigenvalue weighted by Crippen LogP contribution is -2.48. The molecule has 2 aromatic heterocycles. The Morgan fingerprint density at radius 1 is 1.37 bits per heavy atom. The highest BCUT2D eigenvalue weighted by molar-refractivity contribution is 7.14. The van der Waals surface area contributed by atoms with E-state index in [0.717, 1.165) is 28.1 Å². The van der Waals surface area contributed by atoms with Crippen molar-refractivity contribution in [1.82, 2.24) is 14.7 Å². The number of rotatable bonds is 3. The second kappa shape index (κ2) is 6.76. The third-order valence-electron chi connectivity index (χ3n) is 5.60. The van der Waals surface area contributed by atoms with Crippen molar-refractivity contribution in [3.8, 4) is 0 Å². The molecule has 0 saturated carbocycles. The van der Waals surface area contributed by atoms with Crippen LogP contribution in [0, 0.1) is 6.92 Å². The maximum Gasteiger partial charge on any atom is 0.345 e. The topological polar surface area (TPSA) is 84.7 Å². The van der Waals surface area contributed by atoms with Gasteiger partial charge in [-0.15, -0.1) is 11.3 Å². The lowest BCUT2D eigenvalue weighted by atomic mass is 9.82. The molecule has 1 spiro atoms. The molecule has 1 fully saturated rings. The molecule has 1 amide bonds. The fraction of sp³-hybridized carbons (Fsp3) is 0.526. The Morgan fingerprint density at radius 2 is 2.11 bits per heavy atom. The maximum absolute atomic E-state index is 12.7. The fourth-order valence-corrected chi connectivity index (χ4v) is 5.22. The van der Waals surface area contributed by atoms with Crippen molar-refractivity contribution in [3.05, 3.63) is 38.8 Å². The standard InChI is InChI=1S/C19H23N3O4S/c1-12-13(11-21(2)20-12)9-17(23)22-6-4-19(5-7-22)14-10-16(18(24)25)27-15(14)3-8-26-19/h10-11H,3-9H2,1-2H3,(H,24,25). The number of hydrogen-bond acceptors (Lipinski definition) is 5. The fourth-order valence-electron chi connectivity index (χ4n) is 4.15. The number of amides is 1. The Morgan fingerprint density at radius 3 is 2.74 bits per heavy atom.